The van der Waals surface area contributed by atoms with Crippen LogP contribution in [0.2, 0.25) is 0 Å². The highest BCUT2D eigenvalue weighted by Gasteiger charge is 2.47. The van der Waals surface area contributed by atoms with Gasteiger partial charge in [0.25, 0.3) is 0 Å². The summed E-state index contributed by atoms with van der Waals surface area (Å²) >= 11 is 0. The third kappa shape index (κ3) is 0.891. The molecule has 1 aliphatic carbocycles. The van der Waals surface area contributed by atoms with E-state index in [0.29, 0.717) is 0 Å². The zero-order valence-corrected chi connectivity index (χ0v) is 8.00. The second kappa shape index (κ2) is 2.47. The third-order valence-corrected chi connectivity index (χ3v) is 4.36. The summed E-state index contributed by atoms with van der Waals surface area (Å²) in [5.74, 6) is 2.07. The molecule has 2 aliphatic heterocycles. The van der Waals surface area contributed by atoms with Crippen LogP contribution >= 0.6 is 0 Å². The number of fused-ring (bicyclic) bond motifs is 5. The van der Waals surface area contributed by atoms with Crippen LogP contribution < -0.4 is 0 Å². The first-order chi connectivity index (χ1) is 5.84. The molecule has 4 atom stereocenters. The fraction of sp³-hybridized carbons (Fsp3) is 1.00. The molecular weight excluding hydrogens is 146 g/mol. The second-order valence-electron chi connectivity index (χ2n) is 5.17. The Hall–Kier alpha value is -0.0400. The van der Waals surface area contributed by atoms with E-state index in [1.54, 1.807) is 6.42 Å². The van der Waals surface area contributed by atoms with Crippen molar-refractivity contribution in [2.45, 2.75) is 51.1 Å². The van der Waals surface area contributed by atoms with E-state index < -0.39 is 0 Å². The maximum atomic E-state index is 2.84. The van der Waals surface area contributed by atoms with Gasteiger partial charge in [-0.05, 0) is 43.9 Å². The van der Waals surface area contributed by atoms with E-state index in [9.17, 15) is 0 Å². The molecule has 68 valence electrons. The van der Waals surface area contributed by atoms with Crippen LogP contribution in [0.4, 0.5) is 0 Å². The highest BCUT2D eigenvalue weighted by atomic mass is 15.2. The summed E-state index contributed by atoms with van der Waals surface area (Å²) in [5, 5.41) is 0. The Kier molecular flexibility index (Phi) is 1.52. The quantitative estimate of drug-likeness (QED) is 0.532. The highest BCUT2D eigenvalue weighted by molar-refractivity contribution is 5.01. The van der Waals surface area contributed by atoms with Crippen LogP contribution in [0.25, 0.3) is 0 Å². The monoisotopic (exact) mass is 165 g/mol. The van der Waals surface area contributed by atoms with Gasteiger partial charge in [-0.1, -0.05) is 6.92 Å². The minimum atomic E-state index is 0.973. The molecule has 3 fully saturated rings. The molecular formula is C11H19N. The number of hydrogen-bond donors (Lipinski definition) is 0. The first-order valence-corrected chi connectivity index (χ1v) is 5.60. The van der Waals surface area contributed by atoms with Crippen LogP contribution in [0.1, 0.15) is 39.0 Å². The average molecular weight is 165 g/mol. The normalized spacial score (nSPS) is 52.8. The van der Waals surface area contributed by atoms with Gasteiger partial charge in [0.2, 0.25) is 0 Å². The van der Waals surface area contributed by atoms with Gasteiger partial charge in [0.05, 0.1) is 0 Å². The van der Waals surface area contributed by atoms with Crippen LogP contribution in [0, 0.1) is 11.8 Å². The summed E-state index contributed by atoms with van der Waals surface area (Å²) in [5.41, 5.74) is 0. The molecule has 0 N–H and O–H groups in total. The van der Waals surface area contributed by atoms with Crippen molar-refractivity contribution in [3.05, 3.63) is 0 Å². The number of piperidine rings is 2. The lowest BCUT2D eigenvalue weighted by molar-refractivity contribution is 0.0737. The van der Waals surface area contributed by atoms with Gasteiger partial charge in [0.15, 0.2) is 0 Å². The Morgan fingerprint density at radius 1 is 1.08 bits per heavy atom. The Bertz CT molecular complexity index is 189. The lowest BCUT2D eigenvalue weighted by atomic mass is 9.87. The highest BCUT2D eigenvalue weighted by Crippen LogP contribution is 2.46. The predicted octanol–water partition coefficient (Wildman–Crippen LogP) is 2.27. The minimum absolute atomic E-state index is 0.973. The zero-order chi connectivity index (χ0) is 8.13. The zero-order valence-electron chi connectivity index (χ0n) is 8.00. The van der Waals surface area contributed by atoms with Gasteiger partial charge in [-0.25, -0.2) is 0 Å². The molecule has 0 amide bonds. The molecule has 2 bridgehead atoms. The molecule has 2 saturated heterocycles. The summed E-state index contributed by atoms with van der Waals surface area (Å²) in [6.07, 6.45) is 7.58. The lowest BCUT2D eigenvalue weighted by Gasteiger charge is -2.41. The maximum absolute atomic E-state index is 2.84. The van der Waals surface area contributed by atoms with Gasteiger partial charge in [-0.3, -0.25) is 4.90 Å². The number of rotatable bonds is 0. The van der Waals surface area contributed by atoms with E-state index in [2.05, 4.69) is 11.8 Å². The molecule has 1 saturated carbocycles. The van der Waals surface area contributed by atoms with Crippen molar-refractivity contribution in [3.63, 3.8) is 0 Å². The molecule has 0 aromatic heterocycles. The molecule has 1 heteroatoms. The Labute approximate surface area is 75.1 Å². The van der Waals surface area contributed by atoms with E-state index in [4.69, 9.17) is 0 Å². The van der Waals surface area contributed by atoms with E-state index in [0.717, 1.165) is 23.9 Å². The number of nitrogens with zero attached hydrogens (tertiary/aromatic N) is 1. The summed E-state index contributed by atoms with van der Waals surface area (Å²) in [7, 11) is 0. The van der Waals surface area contributed by atoms with Gasteiger partial charge in [-0.15, -0.1) is 0 Å². The van der Waals surface area contributed by atoms with Crippen LogP contribution in [0.5, 0.6) is 0 Å². The topological polar surface area (TPSA) is 3.24 Å². The lowest BCUT2D eigenvalue weighted by Crippen LogP contribution is -2.46. The molecule has 0 radical (unpaired) electrons. The van der Waals surface area contributed by atoms with Gasteiger partial charge in [-0.2, -0.15) is 0 Å². The van der Waals surface area contributed by atoms with E-state index in [-0.39, 0.29) is 0 Å². The summed E-state index contributed by atoms with van der Waals surface area (Å²) in [6.45, 7) is 3.83. The van der Waals surface area contributed by atoms with E-state index in [1.807, 2.05) is 0 Å². The second-order valence-corrected chi connectivity index (χ2v) is 5.17. The largest absolute Gasteiger partial charge is 0.297 e. The van der Waals surface area contributed by atoms with Crippen LogP contribution in [0.3, 0.4) is 0 Å². The molecule has 4 unspecified atom stereocenters. The standard InChI is InChI=1S/C11H19N/c1-8-2-5-11-9-3-4-10(6-9)12(11)7-8/h8-11H,2-7H2,1H3. The molecule has 1 nitrogen and oxygen atoms in total. The van der Waals surface area contributed by atoms with Crippen molar-refractivity contribution in [1.82, 2.24) is 4.90 Å². The Morgan fingerprint density at radius 2 is 2.00 bits per heavy atom. The van der Waals surface area contributed by atoms with Crippen molar-refractivity contribution in [2.24, 2.45) is 11.8 Å². The first-order valence-electron chi connectivity index (χ1n) is 5.60. The molecule has 2 heterocycles. The first kappa shape index (κ1) is 7.37. The van der Waals surface area contributed by atoms with Crippen molar-refractivity contribution >= 4 is 0 Å². The summed E-state index contributed by atoms with van der Waals surface area (Å²) in [6, 6.07) is 2.02. The molecule has 0 aromatic rings. The van der Waals surface area contributed by atoms with Crippen LogP contribution in [-0.4, -0.2) is 23.5 Å². The smallest absolute Gasteiger partial charge is 0.0127 e. The van der Waals surface area contributed by atoms with Crippen molar-refractivity contribution in [2.75, 3.05) is 6.54 Å². The predicted molar refractivity (Wildman–Crippen MR) is 50.0 cm³/mol. The minimum Gasteiger partial charge on any atom is -0.297 e. The van der Waals surface area contributed by atoms with Crippen molar-refractivity contribution in [1.29, 1.82) is 0 Å². The van der Waals surface area contributed by atoms with Gasteiger partial charge >= 0.3 is 0 Å². The SMILES string of the molecule is CC1CCC2C3CCC(C3)N2C1. The van der Waals surface area contributed by atoms with E-state index in [1.165, 1.54) is 32.2 Å². The Morgan fingerprint density at radius 3 is 2.92 bits per heavy atom. The molecule has 3 aliphatic rings. The molecule has 0 aromatic carbocycles. The average Bonchev–Trinajstić information content (AvgIpc) is 2.63. The number of hydrogen-bond acceptors (Lipinski definition) is 1. The Balaban J connectivity index is 1.81. The van der Waals surface area contributed by atoms with Crippen molar-refractivity contribution in [3.8, 4) is 0 Å². The summed E-state index contributed by atoms with van der Waals surface area (Å²) in [4.78, 5) is 2.84. The molecule has 12 heavy (non-hydrogen) atoms. The fourth-order valence-electron chi connectivity index (χ4n) is 3.78. The summed E-state index contributed by atoms with van der Waals surface area (Å²) < 4.78 is 0. The van der Waals surface area contributed by atoms with Gasteiger partial charge < -0.3 is 0 Å². The maximum Gasteiger partial charge on any atom is 0.0127 e. The fourth-order valence-corrected chi connectivity index (χ4v) is 3.78. The van der Waals surface area contributed by atoms with Crippen LogP contribution in [-0.2, 0) is 0 Å². The molecule has 0 spiro atoms. The van der Waals surface area contributed by atoms with E-state index >= 15 is 0 Å². The van der Waals surface area contributed by atoms with Gasteiger partial charge in [0.1, 0.15) is 0 Å². The third-order valence-electron chi connectivity index (χ3n) is 4.36. The van der Waals surface area contributed by atoms with Crippen LogP contribution in [0.15, 0.2) is 0 Å². The van der Waals surface area contributed by atoms with Crippen molar-refractivity contribution < 1.29 is 0 Å². The van der Waals surface area contributed by atoms with Gasteiger partial charge in [0, 0.05) is 18.6 Å². The molecule has 3 rings (SSSR count).